The minimum atomic E-state index is -0.568. The van der Waals surface area contributed by atoms with E-state index in [1.165, 1.54) is 69.8 Å². The fraction of sp³-hybridized carbons (Fsp3) is 0.358. The van der Waals surface area contributed by atoms with Crippen LogP contribution in [0.2, 0.25) is 0 Å². The van der Waals surface area contributed by atoms with Gasteiger partial charge in [-0.3, -0.25) is 9.59 Å². The van der Waals surface area contributed by atoms with Crippen molar-refractivity contribution < 1.29 is 112 Å². The molecule has 4 aromatic carbocycles. The number of aromatic hydroxyl groups is 3. The second-order valence-corrected chi connectivity index (χ2v) is 35.1. The zero-order valence-corrected chi connectivity index (χ0v) is 82.2. The molecule has 4 fully saturated rings. The first-order valence-corrected chi connectivity index (χ1v) is 44.8. The van der Waals surface area contributed by atoms with Crippen molar-refractivity contribution in [1.29, 1.82) is 0 Å². The van der Waals surface area contributed by atoms with Gasteiger partial charge in [-0.05, 0) is 185 Å². The largest absolute Gasteiger partial charge is 1.00 e. The van der Waals surface area contributed by atoms with Gasteiger partial charge in [0.2, 0.25) is 0 Å². The van der Waals surface area contributed by atoms with Gasteiger partial charge in [0, 0.05) is 162 Å². The number of carbonyl (C=O) groups is 5. The molecule has 720 valence electrons. The van der Waals surface area contributed by atoms with Crippen molar-refractivity contribution in [3.05, 3.63) is 201 Å². The van der Waals surface area contributed by atoms with Crippen LogP contribution in [0.1, 0.15) is 128 Å². The number of nitrogens with one attached hydrogen (secondary N) is 5. The van der Waals surface area contributed by atoms with E-state index >= 15 is 0 Å². The molecule has 0 saturated carbocycles. The van der Waals surface area contributed by atoms with Crippen LogP contribution in [0, 0.1) is 0 Å². The minimum Gasteiger partial charge on any atom is -0.870 e. The summed E-state index contributed by atoms with van der Waals surface area (Å²) in [5, 5.41) is 45.0. The normalized spacial score (nSPS) is 15.2. The molecule has 43 heteroatoms. The summed E-state index contributed by atoms with van der Waals surface area (Å²) in [6, 6.07) is 26.1. The van der Waals surface area contributed by atoms with Gasteiger partial charge in [0.05, 0.1) is 65.7 Å². The van der Waals surface area contributed by atoms with E-state index in [0.717, 1.165) is 69.2 Å². The third kappa shape index (κ3) is 33.6. The molecule has 4 atom stereocenters. The number of phenolic OH excluding ortho intramolecular Hbond substituents is 3. The van der Waals surface area contributed by atoms with Crippen LogP contribution in [0.25, 0.3) is 45.0 Å². The molecule has 41 nitrogen and oxygen atoms in total. The Morgan fingerprint density at radius 3 is 0.993 bits per heavy atom. The third-order valence-electron chi connectivity index (χ3n) is 20.0. The van der Waals surface area contributed by atoms with E-state index in [1.54, 1.807) is 162 Å². The molecular weight excluding hydrogens is 1850 g/mol. The van der Waals surface area contributed by atoms with Crippen molar-refractivity contribution in [2.45, 2.75) is 168 Å². The van der Waals surface area contributed by atoms with Crippen molar-refractivity contribution >= 4 is 69.4 Å². The number of halogens is 1. The number of benzene rings is 4. The molecule has 16 rings (SSSR count). The number of nitrogens with zero attached hydrogens (tertiary/aromatic N) is 19. The molecule has 3 amide bonds. The van der Waals surface area contributed by atoms with E-state index in [-0.39, 0.29) is 100 Å². The third-order valence-corrected chi connectivity index (χ3v) is 20.6. The maximum atomic E-state index is 12.7. The van der Waals surface area contributed by atoms with Gasteiger partial charge in [-0.2, -0.15) is 0 Å². The van der Waals surface area contributed by atoms with Crippen LogP contribution in [0.3, 0.4) is 0 Å². The van der Waals surface area contributed by atoms with Crippen molar-refractivity contribution in [2.24, 2.45) is 0 Å². The summed E-state index contributed by atoms with van der Waals surface area (Å²) in [7, 11) is 0. The maximum absolute atomic E-state index is 12.7. The van der Waals surface area contributed by atoms with E-state index < -0.39 is 28.7 Å². The number of rotatable bonds is 24. The van der Waals surface area contributed by atoms with Gasteiger partial charge in [-0.1, -0.05) is 24.3 Å². The molecule has 0 spiro atoms. The van der Waals surface area contributed by atoms with Crippen molar-refractivity contribution in [3.8, 4) is 109 Å². The Morgan fingerprint density at radius 1 is 0.391 bits per heavy atom. The average molecular weight is 1960 g/mol. The Hall–Kier alpha value is -14.3. The Kier molecular flexibility index (Phi) is 39.1. The molecule has 9 N–H and O–H groups in total. The molecule has 4 aliphatic heterocycles. The molecule has 0 aliphatic carbocycles. The van der Waals surface area contributed by atoms with E-state index in [4.69, 9.17) is 43.0 Å². The van der Waals surface area contributed by atoms with Crippen LogP contribution in [0.5, 0.6) is 63.6 Å². The fourth-order valence-electron chi connectivity index (χ4n) is 14.0. The van der Waals surface area contributed by atoms with Gasteiger partial charge in [0.1, 0.15) is 92.7 Å². The first kappa shape index (κ1) is 106. The minimum absolute atomic E-state index is 0. The van der Waals surface area contributed by atoms with Crippen LogP contribution in [-0.4, -0.2) is 239 Å². The van der Waals surface area contributed by atoms with Gasteiger partial charge >= 0.3 is 59.8 Å². The average Bonchev–Trinajstić information content (AvgIpc) is 0.923. The van der Waals surface area contributed by atoms with Crippen LogP contribution in [0.15, 0.2) is 201 Å². The molecule has 0 bridgehead atoms. The Labute approximate surface area is 828 Å². The molecule has 12 heterocycles. The van der Waals surface area contributed by atoms with Gasteiger partial charge in [-0.15, -0.1) is 0 Å². The van der Waals surface area contributed by atoms with Gasteiger partial charge < -0.3 is 100.0 Å². The van der Waals surface area contributed by atoms with E-state index in [0.29, 0.717) is 142 Å². The number of carbonyl (C=O) groups excluding carboxylic acids is 5. The van der Waals surface area contributed by atoms with Gasteiger partial charge in [0.15, 0.2) is 23.3 Å². The van der Waals surface area contributed by atoms with Gasteiger partial charge in [0.25, 0.3) is 17.6 Å². The SMILES string of the molecule is CC(=O)Oc1cccc(O)c1.CC(=O)Oc1cccc(Oc2nc(-c3cncnc3)cnc2NC[C@@H]2CCCN2C(=O)OC(C)(C)C)c1.CC(C)(C)OC(=O)N1CCC[C@H]1CNc1ncc(-c2cncnc2)nc1Br.CC(C)(C)OC(=O)N1CCC[C@H]1CNc1ncc(-c2cncnc2)nc1Oc1cccc(O)c1.Oc1cccc(Oc2nc(-c3cncnc3)cnc2NC[C@@H]2CCCN2)c1.[Na+].[OH-]. The summed E-state index contributed by atoms with van der Waals surface area (Å²) in [4.78, 5) is 133. The number of aromatic nitrogens is 16. The van der Waals surface area contributed by atoms with Crippen molar-refractivity contribution in [3.63, 3.8) is 0 Å². The zero-order chi connectivity index (χ0) is 96.7. The van der Waals surface area contributed by atoms with Crippen LogP contribution in [0.4, 0.5) is 37.7 Å². The first-order valence-electron chi connectivity index (χ1n) is 44.0. The Bertz CT molecular complexity index is 5970. The van der Waals surface area contributed by atoms with Crippen LogP contribution < -0.4 is 79.8 Å². The quantitative estimate of drug-likeness (QED) is 0.0121. The van der Waals surface area contributed by atoms with E-state index in [2.05, 4.69) is 122 Å². The summed E-state index contributed by atoms with van der Waals surface area (Å²) in [5.74, 6) is 4.24. The molecule has 12 aromatic rings. The van der Waals surface area contributed by atoms with Crippen LogP contribution >= 0.6 is 15.9 Å². The smallest absolute Gasteiger partial charge is 0.870 e. The summed E-state index contributed by atoms with van der Waals surface area (Å²) in [6.45, 7) is 24.6. The number of amides is 3. The molecule has 4 aliphatic rings. The maximum Gasteiger partial charge on any atom is 1.00 e. The second-order valence-electron chi connectivity index (χ2n) is 34.3. The number of likely N-dealkylation sites (tertiary alicyclic amines) is 3. The topological polar surface area (TPSA) is 526 Å². The van der Waals surface area contributed by atoms with E-state index in [1.807, 2.05) is 62.3 Å². The van der Waals surface area contributed by atoms with Gasteiger partial charge in [-0.25, -0.2) is 94.1 Å². The molecule has 0 radical (unpaired) electrons. The molecule has 8 aromatic heterocycles. The molecule has 0 unspecified atom stereocenters. The first-order chi connectivity index (χ1) is 65.2. The number of phenols is 3. The standard InChI is InChI=1S/C26H30N6O5.C24H28N6O4.C19H20N6O2.C18H23BrN6O2.C8H8O3.Na.H2O/c1-17(33)35-20-8-5-9-21(11-20)36-24-23(30-15-22(31-24)18-12-27-16-28-13-18)29-14-19-7-6-10-32(19)25(34)37-26(2,3)4;1-24(2,3)34-23(32)30-9-5-6-17(30)13-27-21-22(33-19-8-4-7-18(31)10-19)29-20(14-28-21)16-11-25-15-26-12-16;26-15-4-1-5-16(7-15)27-19-18(23-10-14-3-2-6-22-14)24-11-17(25-19)13-8-20-12-21-9-13;1-18(2,3)27-17(26)25-6-4-5-13(25)9-22-16-15(19)24-14(10-23-16)12-7-20-11-21-8-12;1-6(9)11-8-4-2-3-7(10)5-8;;/h5,8-9,11-13,15-16,19H,6-7,10,14H2,1-4H3,(H,29,30);4,7-8,10-12,14-15,17,31H,5-6,9,13H2,1-3H3,(H,27,28);1,4-5,7-9,11-12,14,22,26H,2-3,6,10H2,(H,23,24);7-8,10-11,13H,4-6,9H2,1-3H3,(H,22,23);2-5,10H,1H3;;1H2/q;;;;;+1;/p-1/t19-;17-;14-;13-;;;/m0000.../s1. The zero-order valence-electron chi connectivity index (χ0n) is 78.6. The van der Waals surface area contributed by atoms with Crippen molar-refractivity contribution in [2.75, 3.05) is 73.6 Å². The summed E-state index contributed by atoms with van der Waals surface area (Å²) < 4.78 is 45.0. The number of esters is 2. The molecule has 4 saturated heterocycles. The summed E-state index contributed by atoms with van der Waals surface area (Å²) >= 11 is 3.46. The number of hydrogen-bond donors (Lipinski definition) is 8. The van der Waals surface area contributed by atoms with Crippen molar-refractivity contribution in [1.82, 2.24) is 99.8 Å². The predicted molar refractivity (Wildman–Crippen MR) is 508 cm³/mol. The Morgan fingerprint density at radius 2 is 0.681 bits per heavy atom. The fourth-order valence-corrected chi connectivity index (χ4v) is 14.4. The monoisotopic (exact) mass is 1960 g/mol. The predicted octanol–water partition coefficient (Wildman–Crippen LogP) is 13.0. The molecular formula is C95H110BrN24NaO17. The Balaban J connectivity index is 0.000000183. The summed E-state index contributed by atoms with van der Waals surface area (Å²) in [6.07, 6.45) is 32.4. The second kappa shape index (κ2) is 51.0. The number of ether oxygens (including phenoxy) is 8. The van der Waals surface area contributed by atoms with E-state index in [9.17, 15) is 34.2 Å². The summed E-state index contributed by atoms with van der Waals surface area (Å²) in [5.41, 5.74) is 3.64. The molecule has 138 heavy (non-hydrogen) atoms. The number of anilines is 4. The number of hydrogen-bond acceptors (Lipinski definition) is 38. The van der Waals surface area contributed by atoms with Crippen LogP contribution in [-0.2, 0) is 23.8 Å².